The summed E-state index contributed by atoms with van der Waals surface area (Å²) >= 11 is 0. The van der Waals surface area contributed by atoms with E-state index >= 15 is 0 Å². The Labute approximate surface area is 133 Å². The second-order valence-corrected chi connectivity index (χ2v) is 5.40. The van der Waals surface area contributed by atoms with Crippen LogP contribution in [0.5, 0.6) is 5.75 Å². The van der Waals surface area contributed by atoms with Gasteiger partial charge in [0.15, 0.2) is 6.10 Å². The number of amides is 1. The minimum absolute atomic E-state index is 0.152. The average Bonchev–Trinajstić information content (AvgIpc) is 3.11. The Balaban J connectivity index is 1.53. The highest BCUT2D eigenvalue weighted by atomic mass is 16.6. The molecule has 1 aromatic heterocycles. The first-order valence-corrected chi connectivity index (χ1v) is 7.49. The van der Waals surface area contributed by atoms with Crippen molar-refractivity contribution in [3.8, 4) is 5.75 Å². The van der Waals surface area contributed by atoms with Crippen LogP contribution in [-0.2, 0) is 9.63 Å². The Morgan fingerprint density at radius 2 is 2.09 bits per heavy atom. The number of rotatable bonds is 2. The molecule has 0 bridgehead atoms. The smallest absolute Gasteiger partial charge is 0.276 e. The van der Waals surface area contributed by atoms with E-state index in [1.807, 2.05) is 30.3 Å². The highest BCUT2D eigenvalue weighted by Gasteiger charge is 2.33. The van der Waals surface area contributed by atoms with Crippen LogP contribution in [0.15, 0.2) is 53.9 Å². The molecule has 1 atom stereocenters. The number of carbonyl (C=O) groups is 1. The minimum Gasteiger partial charge on any atom is -0.489 e. The van der Waals surface area contributed by atoms with E-state index in [0.29, 0.717) is 36.7 Å². The number of oxime groups is 1. The molecule has 23 heavy (non-hydrogen) atoms. The molecule has 0 saturated heterocycles. The van der Waals surface area contributed by atoms with Gasteiger partial charge < -0.3 is 9.57 Å². The molecule has 4 rings (SSSR count). The number of ether oxygens (including phenoxy) is 1. The highest BCUT2D eigenvalue weighted by Crippen LogP contribution is 2.32. The molecule has 2 aliphatic rings. The molecular formula is C17H15N3O3. The molecule has 0 fully saturated rings. The van der Waals surface area contributed by atoms with Crippen molar-refractivity contribution < 1.29 is 14.4 Å². The fourth-order valence-corrected chi connectivity index (χ4v) is 2.78. The summed E-state index contributed by atoms with van der Waals surface area (Å²) < 4.78 is 5.55. The van der Waals surface area contributed by atoms with Gasteiger partial charge >= 0.3 is 0 Å². The van der Waals surface area contributed by atoms with Gasteiger partial charge in [0.2, 0.25) is 0 Å². The van der Waals surface area contributed by atoms with Gasteiger partial charge in [-0.3, -0.25) is 14.7 Å². The Morgan fingerprint density at radius 1 is 1.22 bits per heavy atom. The van der Waals surface area contributed by atoms with Crippen LogP contribution in [0.3, 0.4) is 0 Å². The Morgan fingerprint density at radius 3 is 2.96 bits per heavy atom. The summed E-state index contributed by atoms with van der Waals surface area (Å²) in [6, 6.07) is 11.5. The molecule has 1 unspecified atom stereocenters. The van der Waals surface area contributed by atoms with E-state index in [1.54, 1.807) is 23.4 Å². The molecule has 1 amide bonds. The lowest BCUT2D eigenvalue weighted by molar-refractivity contribution is -0.112. The van der Waals surface area contributed by atoms with Crippen molar-refractivity contribution in [2.24, 2.45) is 5.16 Å². The van der Waals surface area contributed by atoms with Crippen LogP contribution < -0.4 is 9.64 Å². The zero-order valence-corrected chi connectivity index (χ0v) is 12.4. The molecule has 0 saturated carbocycles. The first-order valence-electron chi connectivity index (χ1n) is 7.49. The van der Waals surface area contributed by atoms with Gasteiger partial charge in [0.05, 0.1) is 12.7 Å². The number of benzene rings is 1. The number of aromatic nitrogens is 1. The Hall–Kier alpha value is -2.89. The number of anilines is 1. The molecule has 116 valence electrons. The maximum Gasteiger partial charge on any atom is 0.276 e. The van der Waals surface area contributed by atoms with Crippen LogP contribution in [0.2, 0.25) is 0 Å². The first kappa shape index (κ1) is 13.8. The summed E-state index contributed by atoms with van der Waals surface area (Å²) in [6.45, 7) is 0.936. The van der Waals surface area contributed by atoms with Crippen LogP contribution in [0.25, 0.3) is 0 Å². The van der Waals surface area contributed by atoms with Crippen LogP contribution in [0, 0.1) is 0 Å². The van der Waals surface area contributed by atoms with Crippen LogP contribution in [0.4, 0.5) is 5.69 Å². The van der Waals surface area contributed by atoms with E-state index in [1.165, 1.54) is 0 Å². The molecule has 0 spiro atoms. The zero-order valence-electron chi connectivity index (χ0n) is 12.4. The quantitative estimate of drug-likeness (QED) is 0.854. The molecule has 2 aliphatic heterocycles. The average molecular weight is 309 g/mol. The van der Waals surface area contributed by atoms with E-state index in [2.05, 4.69) is 10.1 Å². The van der Waals surface area contributed by atoms with Gasteiger partial charge in [-0.05, 0) is 5.56 Å². The van der Waals surface area contributed by atoms with E-state index in [9.17, 15) is 4.79 Å². The third-order valence-electron chi connectivity index (χ3n) is 3.96. The lowest BCUT2D eigenvalue weighted by Crippen LogP contribution is -2.41. The van der Waals surface area contributed by atoms with Crippen LogP contribution in [0.1, 0.15) is 18.1 Å². The van der Waals surface area contributed by atoms with Gasteiger partial charge in [0, 0.05) is 18.7 Å². The largest absolute Gasteiger partial charge is 0.489 e. The SMILES string of the molecule is O=C(C1=NOC(c2ccccc2)C1)N1CCOc2ccncc21. The number of nitrogens with zero attached hydrogens (tertiary/aromatic N) is 3. The number of carbonyl (C=O) groups excluding carboxylic acids is 1. The van der Waals surface area contributed by atoms with Gasteiger partial charge in [-0.2, -0.15) is 0 Å². The standard InChI is InChI=1S/C17H15N3O3/c21-17(20-8-9-22-15-6-7-18-11-14(15)20)13-10-16(23-19-13)12-4-2-1-3-5-12/h1-7,11,16H,8-10H2. The van der Waals surface area contributed by atoms with E-state index in [0.717, 1.165) is 5.56 Å². The fraction of sp³-hybridized carbons (Fsp3) is 0.235. The summed E-state index contributed by atoms with van der Waals surface area (Å²) in [5.41, 5.74) is 2.12. The lowest BCUT2D eigenvalue weighted by atomic mass is 10.0. The van der Waals surface area contributed by atoms with E-state index < -0.39 is 0 Å². The van der Waals surface area contributed by atoms with E-state index in [-0.39, 0.29) is 12.0 Å². The second-order valence-electron chi connectivity index (χ2n) is 5.40. The first-order chi connectivity index (χ1) is 11.3. The second kappa shape index (κ2) is 5.72. The predicted molar refractivity (Wildman–Crippen MR) is 84.4 cm³/mol. The van der Waals surface area contributed by atoms with Crippen LogP contribution in [-0.4, -0.2) is 29.8 Å². The minimum atomic E-state index is -0.204. The predicted octanol–water partition coefficient (Wildman–Crippen LogP) is 2.32. The summed E-state index contributed by atoms with van der Waals surface area (Å²) in [6.07, 6.45) is 3.55. The Kier molecular flexibility index (Phi) is 3.42. The molecule has 1 aromatic carbocycles. The van der Waals surface area contributed by atoms with Gasteiger partial charge in [0.25, 0.3) is 5.91 Å². The van der Waals surface area contributed by atoms with Gasteiger partial charge in [-0.25, -0.2) is 0 Å². The number of pyridine rings is 1. The van der Waals surface area contributed by atoms with Crippen molar-refractivity contribution in [1.29, 1.82) is 0 Å². The van der Waals surface area contributed by atoms with Gasteiger partial charge in [-0.1, -0.05) is 35.5 Å². The van der Waals surface area contributed by atoms with Gasteiger partial charge in [0.1, 0.15) is 23.8 Å². The zero-order chi connectivity index (χ0) is 15.6. The molecule has 0 aliphatic carbocycles. The topological polar surface area (TPSA) is 64.0 Å². The van der Waals surface area contributed by atoms with E-state index in [4.69, 9.17) is 9.57 Å². The summed E-state index contributed by atoms with van der Waals surface area (Å²) in [7, 11) is 0. The molecule has 6 heteroatoms. The summed E-state index contributed by atoms with van der Waals surface area (Å²) in [4.78, 5) is 23.9. The molecule has 3 heterocycles. The number of hydrogen-bond acceptors (Lipinski definition) is 5. The maximum absolute atomic E-state index is 12.8. The lowest BCUT2D eigenvalue weighted by Gasteiger charge is -2.28. The van der Waals surface area contributed by atoms with Crippen molar-refractivity contribution in [3.63, 3.8) is 0 Å². The number of hydrogen-bond donors (Lipinski definition) is 0. The molecule has 2 aromatic rings. The molecule has 0 radical (unpaired) electrons. The normalized spacial score (nSPS) is 19.4. The van der Waals surface area contributed by atoms with Crippen molar-refractivity contribution in [2.45, 2.75) is 12.5 Å². The third kappa shape index (κ3) is 2.52. The molecule has 0 N–H and O–H groups in total. The maximum atomic E-state index is 12.8. The fourth-order valence-electron chi connectivity index (χ4n) is 2.78. The monoisotopic (exact) mass is 309 g/mol. The van der Waals surface area contributed by atoms with Crippen molar-refractivity contribution >= 4 is 17.3 Å². The summed E-state index contributed by atoms with van der Waals surface area (Å²) in [5, 5.41) is 4.01. The molecule has 6 nitrogen and oxygen atoms in total. The van der Waals surface area contributed by atoms with Crippen LogP contribution >= 0.6 is 0 Å². The third-order valence-corrected chi connectivity index (χ3v) is 3.96. The Bertz CT molecular complexity index is 761. The van der Waals surface area contributed by atoms with Crippen molar-refractivity contribution in [2.75, 3.05) is 18.1 Å². The van der Waals surface area contributed by atoms with Crippen molar-refractivity contribution in [1.82, 2.24) is 4.98 Å². The number of fused-ring (bicyclic) bond motifs is 1. The van der Waals surface area contributed by atoms with Crippen molar-refractivity contribution in [3.05, 3.63) is 54.4 Å². The molecular weight excluding hydrogens is 294 g/mol. The summed E-state index contributed by atoms with van der Waals surface area (Å²) in [5.74, 6) is 0.514. The van der Waals surface area contributed by atoms with Gasteiger partial charge in [-0.15, -0.1) is 0 Å². The highest BCUT2D eigenvalue weighted by molar-refractivity contribution is 6.44.